The number of nitrogens with zero attached hydrogens (tertiary/aromatic N) is 1. The first kappa shape index (κ1) is 21.4. The molecular weight excluding hydrogens is 417 g/mol. The fourth-order valence-electron chi connectivity index (χ4n) is 3.93. The molecule has 166 valence electrons. The van der Waals surface area contributed by atoms with E-state index in [0.29, 0.717) is 43.1 Å². The highest BCUT2D eigenvalue weighted by molar-refractivity contribution is 6.03. The summed E-state index contributed by atoms with van der Waals surface area (Å²) in [5.41, 5.74) is 1.07. The summed E-state index contributed by atoms with van der Waals surface area (Å²) in [5, 5.41) is 5.26. The number of fused-ring (bicyclic) bond motifs is 2. The number of rotatable bonds is 4. The molecule has 0 atom stereocenters. The molecule has 2 aromatic carbocycles. The van der Waals surface area contributed by atoms with Crippen LogP contribution in [0.5, 0.6) is 5.75 Å². The van der Waals surface area contributed by atoms with Crippen LogP contribution in [-0.4, -0.2) is 43.0 Å². The fourth-order valence-corrected chi connectivity index (χ4v) is 3.93. The quantitative estimate of drug-likeness (QED) is 0.712. The van der Waals surface area contributed by atoms with Gasteiger partial charge in [-0.3, -0.25) is 14.9 Å². The topological polar surface area (TPSA) is 97.0 Å². The number of carbonyl (C=O) groups excluding carboxylic acids is 3. The highest BCUT2D eigenvalue weighted by atomic mass is 19.1. The molecule has 0 unspecified atom stereocenters. The highest BCUT2D eigenvalue weighted by Gasteiger charge is 2.45. The summed E-state index contributed by atoms with van der Waals surface area (Å²) < 4.78 is 23.9. The molecule has 1 spiro atoms. The molecule has 0 saturated carbocycles. The molecule has 9 heteroatoms. The second kappa shape index (κ2) is 8.70. The molecule has 2 aliphatic heterocycles. The first-order valence-corrected chi connectivity index (χ1v) is 10.1. The van der Waals surface area contributed by atoms with Gasteiger partial charge in [-0.05, 0) is 42.5 Å². The lowest BCUT2D eigenvalue weighted by Gasteiger charge is -2.44. The molecule has 32 heavy (non-hydrogen) atoms. The van der Waals surface area contributed by atoms with Crippen LogP contribution in [0.15, 0.2) is 54.6 Å². The average molecular weight is 439 g/mol. The lowest BCUT2D eigenvalue weighted by molar-refractivity contribution is -0.130. The van der Waals surface area contributed by atoms with Crippen LogP contribution >= 0.6 is 0 Å². The zero-order chi connectivity index (χ0) is 22.7. The van der Waals surface area contributed by atoms with Crippen LogP contribution < -0.4 is 15.4 Å². The average Bonchev–Trinajstić information content (AvgIpc) is 2.79. The van der Waals surface area contributed by atoms with Crippen LogP contribution in [0.3, 0.4) is 0 Å². The first-order chi connectivity index (χ1) is 15.4. The summed E-state index contributed by atoms with van der Waals surface area (Å²) in [4.78, 5) is 38.3. The standard InChI is InChI=1S/C23H22FN3O5/c1-31-17-6-7-19-18(14-17)23(32-22(30)26-19)10-12-27(13-11-23)21(29)9-8-20(28)25-16-4-2-15(24)3-5-16/h2-9,14H,10-13H2,1H3,(H,25,28)(H,26,30). The molecular formula is C23H22FN3O5. The second-order valence-electron chi connectivity index (χ2n) is 7.58. The largest absolute Gasteiger partial charge is 0.497 e. The number of ether oxygens (including phenoxy) is 2. The third-order valence-corrected chi connectivity index (χ3v) is 5.61. The van der Waals surface area contributed by atoms with Gasteiger partial charge in [0.1, 0.15) is 17.2 Å². The highest BCUT2D eigenvalue weighted by Crippen LogP contribution is 2.44. The minimum Gasteiger partial charge on any atom is -0.497 e. The van der Waals surface area contributed by atoms with E-state index in [9.17, 15) is 18.8 Å². The van der Waals surface area contributed by atoms with Crippen molar-refractivity contribution in [2.75, 3.05) is 30.8 Å². The van der Waals surface area contributed by atoms with Gasteiger partial charge in [-0.2, -0.15) is 0 Å². The van der Waals surface area contributed by atoms with Gasteiger partial charge in [-0.1, -0.05) is 0 Å². The Labute approximate surface area is 184 Å². The maximum absolute atomic E-state index is 12.9. The van der Waals surface area contributed by atoms with E-state index in [-0.39, 0.29) is 5.91 Å². The first-order valence-electron chi connectivity index (χ1n) is 10.1. The lowest BCUT2D eigenvalue weighted by Crippen LogP contribution is -2.49. The zero-order valence-electron chi connectivity index (χ0n) is 17.4. The van der Waals surface area contributed by atoms with Gasteiger partial charge in [-0.15, -0.1) is 0 Å². The van der Waals surface area contributed by atoms with Crippen LogP contribution in [-0.2, 0) is 19.9 Å². The van der Waals surface area contributed by atoms with E-state index in [0.717, 1.165) is 11.6 Å². The third kappa shape index (κ3) is 4.41. The number of methoxy groups -OCH3 is 1. The summed E-state index contributed by atoms with van der Waals surface area (Å²) >= 11 is 0. The number of benzene rings is 2. The number of hydrogen-bond donors (Lipinski definition) is 2. The van der Waals surface area contributed by atoms with Gasteiger partial charge < -0.3 is 19.7 Å². The normalized spacial score (nSPS) is 16.8. The number of likely N-dealkylation sites (tertiary alicyclic amines) is 1. The molecule has 0 aromatic heterocycles. The van der Waals surface area contributed by atoms with Crippen molar-refractivity contribution in [1.82, 2.24) is 4.90 Å². The van der Waals surface area contributed by atoms with Crippen molar-refractivity contribution >= 4 is 29.3 Å². The molecule has 4 rings (SSSR count). The molecule has 2 aliphatic rings. The Kier molecular flexibility index (Phi) is 5.81. The number of nitrogens with one attached hydrogen (secondary N) is 2. The Hall–Kier alpha value is -3.88. The Morgan fingerprint density at radius 1 is 1.16 bits per heavy atom. The molecule has 8 nitrogen and oxygen atoms in total. The van der Waals surface area contributed by atoms with E-state index >= 15 is 0 Å². The predicted molar refractivity (Wildman–Crippen MR) is 115 cm³/mol. The fraction of sp³-hybridized carbons (Fsp3) is 0.261. The maximum Gasteiger partial charge on any atom is 0.412 e. The number of piperidine rings is 1. The van der Waals surface area contributed by atoms with Crippen molar-refractivity contribution in [3.05, 3.63) is 66.0 Å². The van der Waals surface area contributed by atoms with Gasteiger partial charge in [0.25, 0.3) is 0 Å². The molecule has 0 aliphatic carbocycles. The van der Waals surface area contributed by atoms with E-state index in [2.05, 4.69) is 10.6 Å². The molecule has 1 fully saturated rings. The van der Waals surface area contributed by atoms with Gasteiger partial charge in [0.05, 0.1) is 12.8 Å². The number of carbonyl (C=O) groups is 3. The summed E-state index contributed by atoms with van der Waals surface area (Å²) in [6, 6.07) is 10.7. The minimum absolute atomic E-state index is 0.319. The van der Waals surface area contributed by atoms with Gasteiger partial charge in [0.15, 0.2) is 0 Å². The van der Waals surface area contributed by atoms with E-state index in [4.69, 9.17) is 9.47 Å². The van der Waals surface area contributed by atoms with E-state index < -0.39 is 23.4 Å². The number of hydrogen-bond acceptors (Lipinski definition) is 5. The molecule has 2 heterocycles. The monoisotopic (exact) mass is 439 g/mol. The Balaban J connectivity index is 1.40. The Morgan fingerprint density at radius 3 is 2.56 bits per heavy atom. The summed E-state index contributed by atoms with van der Waals surface area (Å²) in [6.45, 7) is 0.708. The summed E-state index contributed by atoms with van der Waals surface area (Å²) in [7, 11) is 1.57. The molecule has 0 radical (unpaired) electrons. The SMILES string of the molecule is COc1ccc2c(c1)C1(CCN(C(=O)C=CC(=O)Nc3ccc(F)cc3)CC1)OC(=O)N2. The van der Waals surface area contributed by atoms with Crippen LogP contribution in [0, 0.1) is 5.82 Å². The van der Waals surface area contributed by atoms with Gasteiger partial charge in [0, 0.05) is 49.3 Å². The van der Waals surface area contributed by atoms with Crippen molar-refractivity contribution in [3.63, 3.8) is 0 Å². The van der Waals surface area contributed by atoms with Crippen molar-refractivity contribution in [2.45, 2.75) is 18.4 Å². The van der Waals surface area contributed by atoms with Crippen LogP contribution in [0.25, 0.3) is 0 Å². The number of halogens is 1. The lowest BCUT2D eigenvalue weighted by atomic mass is 9.82. The minimum atomic E-state index is -0.841. The number of anilines is 2. The van der Waals surface area contributed by atoms with Crippen molar-refractivity contribution < 1.29 is 28.2 Å². The van der Waals surface area contributed by atoms with E-state index in [1.54, 1.807) is 24.1 Å². The van der Waals surface area contributed by atoms with E-state index in [1.165, 1.54) is 30.3 Å². The zero-order valence-corrected chi connectivity index (χ0v) is 17.4. The van der Waals surface area contributed by atoms with E-state index in [1.807, 2.05) is 6.07 Å². The molecule has 2 aromatic rings. The maximum atomic E-state index is 12.9. The number of amides is 3. The predicted octanol–water partition coefficient (Wildman–Crippen LogP) is 3.41. The summed E-state index contributed by atoms with van der Waals surface area (Å²) in [6.07, 6.45) is 2.65. The smallest absolute Gasteiger partial charge is 0.412 e. The van der Waals surface area contributed by atoms with Crippen LogP contribution in [0.1, 0.15) is 18.4 Å². The third-order valence-electron chi connectivity index (χ3n) is 5.61. The van der Waals surface area contributed by atoms with Crippen molar-refractivity contribution in [2.24, 2.45) is 0 Å². The molecule has 1 saturated heterocycles. The van der Waals surface area contributed by atoms with Gasteiger partial charge >= 0.3 is 6.09 Å². The molecule has 3 amide bonds. The van der Waals surface area contributed by atoms with Crippen molar-refractivity contribution in [3.8, 4) is 5.75 Å². The Bertz CT molecular complexity index is 1080. The molecule has 0 bridgehead atoms. The Morgan fingerprint density at radius 2 is 1.88 bits per heavy atom. The summed E-state index contributed by atoms with van der Waals surface area (Å²) in [5.74, 6) is -0.569. The molecule has 2 N–H and O–H groups in total. The van der Waals surface area contributed by atoms with Crippen LogP contribution in [0.4, 0.5) is 20.6 Å². The van der Waals surface area contributed by atoms with Crippen molar-refractivity contribution in [1.29, 1.82) is 0 Å². The van der Waals surface area contributed by atoms with Crippen LogP contribution in [0.2, 0.25) is 0 Å². The van der Waals surface area contributed by atoms with Gasteiger partial charge in [-0.25, -0.2) is 9.18 Å². The van der Waals surface area contributed by atoms with Gasteiger partial charge in [0.2, 0.25) is 11.8 Å². The second-order valence-corrected chi connectivity index (χ2v) is 7.58.